The molecule has 27 heavy (non-hydrogen) atoms. The summed E-state index contributed by atoms with van der Waals surface area (Å²) < 4.78 is 4.12. The Kier molecular flexibility index (Phi) is 3.97. The predicted molar refractivity (Wildman–Crippen MR) is 103 cm³/mol. The van der Waals surface area contributed by atoms with Gasteiger partial charge in [-0.1, -0.05) is 13.0 Å². The third-order valence-electron chi connectivity index (χ3n) is 5.17. The standard InChI is InChI=1S/C19H22N8/c1-2-16-22-23-19-18(20-6-8-27(16)19)25-11-9-24(10-12-25)13-15-14-26-7-4-3-5-17(26)21-15/h3-8,14H,2,9-13H2,1H3. The van der Waals surface area contributed by atoms with Crippen LogP contribution >= 0.6 is 0 Å². The van der Waals surface area contributed by atoms with Gasteiger partial charge in [-0.15, -0.1) is 10.2 Å². The van der Waals surface area contributed by atoms with Crippen LogP contribution < -0.4 is 4.90 Å². The van der Waals surface area contributed by atoms with Gasteiger partial charge in [0.2, 0.25) is 5.65 Å². The third-order valence-corrected chi connectivity index (χ3v) is 5.17. The fourth-order valence-corrected chi connectivity index (χ4v) is 3.74. The highest BCUT2D eigenvalue weighted by Crippen LogP contribution is 2.20. The van der Waals surface area contributed by atoms with E-state index in [1.54, 1.807) is 0 Å². The van der Waals surface area contributed by atoms with Gasteiger partial charge in [-0.05, 0) is 12.1 Å². The van der Waals surface area contributed by atoms with Crippen molar-refractivity contribution in [3.8, 4) is 0 Å². The molecule has 8 heteroatoms. The molecule has 4 aromatic heterocycles. The molecule has 1 aliphatic heterocycles. The molecular formula is C19H22N8. The highest BCUT2D eigenvalue weighted by atomic mass is 15.3. The minimum atomic E-state index is 0.850. The van der Waals surface area contributed by atoms with Gasteiger partial charge in [0.15, 0.2) is 5.82 Å². The van der Waals surface area contributed by atoms with E-state index in [0.29, 0.717) is 0 Å². The maximum Gasteiger partial charge on any atom is 0.203 e. The molecule has 0 spiro atoms. The largest absolute Gasteiger partial charge is 0.351 e. The van der Waals surface area contributed by atoms with E-state index in [1.807, 2.05) is 41.2 Å². The summed E-state index contributed by atoms with van der Waals surface area (Å²) in [7, 11) is 0. The van der Waals surface area contributed by atoms with Crippen molar-refractivity contribution in [1.82, 2.24) is 33.9 Å². The van der Waals surface area contributed by atoms with E-state index < -0.39 is 0 Å². The number of pyridine rings is 1. The monoisotopic (exact) mass is 362 g/mol. The van der Waals surface area contributed by atoms with Crippen LogP contribution in [0.15, 0.2) is 43.0 Å². The smallest absolute Gasteiger partial charge is 0.203 e. The van der Waals surface area contributed by atoms with Crippen molar-refractivity contribution in [3.05, 3.63) is 54.5 Å². The zero-order chi connectivity index (χ0) is 18.2. The minimum absolute atomic E-state index is 0.850. The minimum Gasteiger partial charge on any atom is -0.351 e. The number of imidazole rings is 1. The fraction of sp³-hybridized carbons (Fsp3) is 0.368. The fourth-order valence-electron chi connectivity index (χ4n) is 3.74. The molecule has 0 atom stereocenters. The summed E-state index contributed by atoms with van der Waals surface area (Å²) >= 11 is 0. The summed E-state index contributed by atoms with van der Waals surface area (Å²) in [6.45, 7) is 6.77. The van der Waals surface area contributed by atoms with Crippen LogP contribution in [0.3, 0.4) is 0 Å². The number of rotatable bonds is 4. The first-order chi connectivity index (χ1) is 13.3. The van der Waals surface area contributed by atoms with Crippen LogP contribution in [0.2, 0.25) is 0 Å². The predicted octanol–water partition coefficient (Wildman–Crippen LogP) is 1.66. The Bertz CT molecular complexity index is 1040. The molecule has 1 saturated heterocycles. The molecule has 0 aromatic carbocycles. The molecule has 8 nitrogen and oxygen atoms in total. The third kappa shape index (κ3) is 2.91. The van der Waals surface area contributed by atoms with E-state index in [2.05, 4.69) is 42.5 Å². The Labute approximate surface area is 157 Å². The van der Waals surface area contributed by atoms with Gasteiger partial charge in [0, 0.05) is 63.9 Å². The van der Waals surface area contributed by atoms with Gasteiger partial charge >= 0.3 is 0 Å². The number of hydrogen-bond acceptors (Lipinski definition) is 6. The zero-order valence-electron chi connectivity index (χ0n) is 15.4. The molecule has 0 unspecified atom stereocenters. The Morgan fingerprint density at radius 1 is 1.04 bits per heavy atom. The van der Waals surface area contributed by atoms with Crippen LogP contribution in [0, 0.1) is 0 Å². The van der Waals surface area contributed by atoms with Crippen molar-refractivity contribution in [2.75, 3.05) is 31.1 Å². The van der Waals surface area contributed by atoms with Crippen molar-refractivity contribution in [2.45, 2.75) is 19.9 Å². The van der Waals surface area contributed by atoms with E-state index in [9.17, 15) is 0 Å². The quantitative estimate of drug-likeness (QED) is 0.550. The van der Waals surface area contributed by atoms with Crippen molar-refractivity contribution in [2.24, 2.45) is 0 Å². The van der Waals surface area contributed by atoms with Gasteiger partial charge in [-0.25, -0.2) is 9.97 Å². The average molecular weight is 362 g/mol. The van der Waals surface area contributed by atoms with Crippen LogP contribution in [-0.4, -0.2) is 60.0 Å². The molecule has 5 heterocycles. The summed E-state index contributed by atoms with van der Waals surface area (Å²) in [6.07, 6.45) is 8.80. The average Bonchev–Trinajstić information content (AvgIpc) is 3.31. The van der Waals surface area contributed by atoms with Gasteiger partial charge in [0.25, 0.3) is 0 Å². The number of aromatic nitrogens is 6. The van der Waals surface area contributed by atoms with E-state index in [1.165, 1.54) is 0 Å². The molecule has 0 bridgehead atoms. The molecule has 0 amide bonds. The maximum absolute atomic E-state index is 4.71. The van der Waals surface area contributed by atoms with Gasteiger partial charge in [0.05, 0.1) is 5.69 Å². The molecule has 5 rings (SSSR count). The van der Waals surface area contributed by atoms with Crippen molar-refractivity contribution in [1.29, 1.82) is 0 Å². The Hall–Kier alpha value is -3.00. The number of fused-ring (bicyclic) bond motifs is 2. The number of aryl methyl sites for hydroxylation is 1. The molecule has 0 radical (unpaired) electrons. The summed E-state index contributed by atoms with van der Waals surface area (Å²) in [5.74, 6) is 1.90. The number of hydrogen-bond donors (Lipinski definition) is 0. The van der Waals surface area contributed by atoms with Gasteiger partial charge in [-0.2, -0.15) is 0 Å². The second-order valence-corrected chi connectivity index (χ2v) is 6.88. The van der Waals surface area contributed by atoms with E-state index >= 15 is 0 Å². The summed E-state index contributed by atoms with van der Waals surface area (Å²) in [6, 6.07) is 6.09. The second kappa shape index (κ2) is 6.62. The maximum atomic E-state index is 4.71. The van der Waals surface area contributed by atoms with Crippen molar-refractivity contribution >= 4 is 17.1 Å². The normalized spacial score (nSPS) is 15.8. The lowest BCUT2D eigenvalue weighted by Gasteiger charge is -2.34. The molecule has 4 aromatic rings. The van der Waals surface area contributed by atoms with E-state index in [0.717, 1.165) is 67.8 Å². The Morgan fingerprint density at radius 2 is 1.93 bits per heavy atom. The van der Waals surface area contributed by atoms with Gasteiger partial charge < -0.3 is 9.30 Å². The van der Waals surface area contributed by atoms with Crippen LogP contribution in [-0.2, 0) is 13.0 Å². The first-order valence-corrected chi connectivity index (χ1v) is 9.40. The second-order valence-electron chi connectivity index (χ2n) is 6.88. The van der Waals surface area contributed by atoms with E-state index in [-0.39, 0.29) is 0 Å². The molecule has 138 valence electrons. The molecule has 1 fully saturated rings. The topological polar surface area (TPSA) is 66.9 Å². The van der Waals surface area contributed by atoms with Crippen LogP contribution in [0.4, 0.5) is 5.82 Å². The number of anilines is 1. The lowest BCUT2D eigenvalue weighted by molar-refractivity contribution is 0.247. The summed E-state index contributed by atoms with van der Waals surface area (Å²) in [5.41, 5.74) is 2.96. The summed E-state index contributed by atoms with van der Waals surface area (Å²) in [5, 5.41) is 8.64. The zero-order valence-corrected chi connectivity index (χ0v) is 15.4. The first-order valence-electron chi connectivity index (χ1n) is 9.40. The van der Waals surface area contributed by atoms with Crippen LogP contribution in [0.1, 0.15) is 18.4 Å². The molecule has 0 N–H and O–H groups in total. The number of piperazine rings is 1. The van der Waals surface area contributed by atoms with Crippen LogP contribution in [0.25, 0.3) is 11.3 Å². The van der Waals surface area contributed by atoms with Crippen LogP contribution in [0.5, 0.6) is 0 Å². The first kappa shape index (κ1) is 16.2. The number of nitrogens with zero attached hydrogens (tertiary/aromatic N) is 8. The van der Waals surface area contributed by atoms with Gasteiger partial charge in [0.1, 0.15) is 11.5 Å². The van der Waals surface area contributed by atoms with Gasteiger partial charge in [-0.3, -0.25) is 9.30 Å². The lowest BCUT2D eigenvalue weighted by Crippen LogP contribution is -2.46. The Balaban J connectivity index is 1.29. The molecule has 0 aliphatic carbocycles. The highest BCUT2D eigenvalue weighted by Gasteiger charge is 2.22. The lowest BCUT2D eigenvalue weighted by atomic mass is 10.3. The molecular weight excluding hydrogens is 340 g/mol. The Morgan fingerprint density at radius 3 is 2.74 bits per heavy atom. The van der Waals surface area contributed by atoms with E-state index in [4.69, 9.17) is 4.98 Å². The SMILES string of the molecule is CCc1nnc2c(N3CCN(Cc4cn5ccccc5n4)CC3)nccn12. The van der Waals surface area contributed by atoms with Crippen molar-refractivity contribution < 1.29 is 0 Å². The molecule has 1 aliphatic rings. The molecule has 0 saturated carbocycles. The summed E-state index contributed by atoms with van der Waals surface area (Å²) in [4.78, 5) is 14.0. The van der Waals surface area contributed by atoms with Crippen molar-refractivity contribution in [3.63, 3.8) is 0 Å². The highest BCUT2D eigenvalue weighted by molar-refractivity contribution is 5.64.